The molecule has 69 heavy (non-hydrogen) atoms. The quantitative estimate of drug-likeness (QED) is 0.0343. The van der Waals surface area contributed by atoms with Crippen LogP contribution in [0.2, 0.25) is 0 Å². The first kappa shape index (κ1) is 67.4. The molecule has 0 aromatic heterocycles. The minimum absolute atomic E-state index is 0.0621. The zero-order valence-corrected chi connectivity index (χ0v) is 47.5. The van der Waals surface area contributed by atoms with Crippen molar-refractivity contribution in [2.75, 3.05) is 13.2 Å². The fourth-order valence-corrected chi connectivity index (χ4v) is 9.73. The average molecular weight is 976 g/mol. The van der Waals surface area contributed by atoms with E-state index in [1.807, 2.05) is 0 Å². The third-order valence-corrected chi connectivity index (χ3v) is 14.8. The molecule has 0 aliphatic carbocycles. The number of hydrogen-bond donors (Lipinski definition) is 0. The van der Waals surface area contributed by atoms with E-state index in [2.05, 4.69) is 34.6 Å². The van der Waals surface area contributed by atoms with Crippen LogP contribution in [-0.2, 0) is 28.6 Å². The average Bonchev–Trinajstić information content (AvgIpc) is 3.34. The third kappa shape index (κ3) is 55.6. The zero-order chi connectivity index (χ0) is 50.4. The van der Waals surface area contributed by atoms with Gasteiger partial charge in [-0.05, 0) is 31.1 Å². The van der Waals surface area contributed by atoms with Gasteiger partial charge in [0.15, 0.2) is 6.10 Å². The molecule has 410 valence electrons. The molecule has 1 unspecified atom stereocenters. The molecule has 0 saturated carbocycles. The Morgan fingerprint density at radius 1 is 0.304 bits per heavy atom. The van der Waals surface area contributed by atoms with Crippen molar-refractivity contribution in [3.63, 3.8) is 0 Å². The summed E-state index contributed by atoms with van der Waals surface area (Å²) in [5.41, 5.74) is 0. The van der Waals surface area contributed by atoms with Gasteiger partial charge in [-0.3, -0.25) is 14.4 Å². The van der Waals surface area contributed by atoms with Gasteiger partial charge in [0.2, 0.25) is 0 Å². The molecule has 0 fully saturated rings. The molecule has 2 atom stereocenters. The van der Waals surface area contributed by atoms with Crippen LogP contribution in [0.1, 0.15) is 356 Å². The maximum absolute atomic E-state index is 12.9. The Bertz CT molecular complexity index is 1060. The summed E-state index contributed by atoms with van der Waals surface area (Å²) in [5, 5.41) is 0. The first-order valence-electron chi connectivity index (χ1n) is 31.3. The number of rotatable bonds is 57. The summed E-state index contributed by atoms with van der Waals surface area (Å²) >= 11 is 0. The highest BCUT2D eigenvalue weighted by Crippen LogP contribution is 2.19. The summed E-state index contributed by atoms with van der Waals surface area (Å²) in [4.78, 5) is 38.2. The normalized spacial score (nSPS) is 12.4. The number of hydrogen-bond acceptors (Lipinski definition) is 6. The summed E-state index contributed by atoms with van der Waals surface area (Å²) < 4.78 is 16.9. The molecule has 0 saturated heterocycles. The van der Waals surface area contributed by atoms with Crippen molar-refractivity contribution in [1.29, 1.82) is 0 Å². The molecule has 0 spiro atoms. The van der Waals surface area contributed by atoms with Crippen LogP contribution >= 0.6 is 0 Å². The van der Waals surface area contributed by atoms with Crippen molar-refractivity contribution in [3.05, 3.63) is 0 Å². The Labute approximate surface area is 431 Å². The van der Waals surface area contributed by atoms with E-state index in [4.69, 9.17) is 14.2 Å². The van der Waals surface area contributed by atoms with Crippen molar-refractivity contribution in [2.24, 2.45) is 11.8 Å². The van der Waals surface area contributed by atoms with Crippen LogP contribution in [0.4, 0.5) is 0 Å². The number of ether oxygens (including phenoxy) is 3. The highest BCUT2D eigenvalue weighted by molar-refractivity contribution is 5.71. The summed E-state index contributed by atoms with van der Waals surface area (Å²) in [6.07, 6.45) is 61.0. The van der Waals surface area contributed by atoms with Gasteiger partial charge >= 0.3 is 17.9 Å². The second kappa shape index (κ2) is 55.7. The fourth-order valence-electron chi connectivity index (χ4n) is 9.73. The lowest BCUT2D eigenvalue weighted by atomic mass is 9.99. The second-order valence-electron chi connectivity index (χ2n) is 22.4. The number of esters is 3. The van der Waals surface area contributed by atoms with Crippen molar-refractivity contribution in [2.45, 2.75) is 362 Å². The molecule has 0 N–H and O–H groups in total. The van der Waals surface area contributed by atoms with Crippen molar-refractivity contribution in [1.82, 2.24) is 0 Å². The van der Waals surface area contributed by atoms with Gasteiger partial charge in [-0.1, -0.05) is 317 Å². The molecule has 0 aromatic rings. The Morgan fingerprint density at radius 2 is 0.551 bits per heavy atom. The number of carbonyl (C=O) groups excluding carboxylic acids is 3. The minimum atomic E-state index is -0.763. The molecule has 0 bridgehead atoms. The van der Waals surface area contributed by atoms with E-state index in [1.54, 1.807) is 0 Å². The standard InChI is InChI=1S/C63H122O6/c1-6-8-9-10-11-12-13-28-33-38-43-48-53-61(64)67-56-60(57-68-62(65)54-49-44-39-34-29-24-21-20-22-26-31-36-41-46-51-58(3)4)69-63(66)55-50-45-40-35-30-25-19-17-15-14-16-18-23-27-32-37-42-47-52-59(5)7-2/h58-60H,6-57H2,1-5H3/t59?,60-/m1/s1. The minimum Gasteiger partial charge on any atom is -0.462 e. The Kier molecular flexibility index (Phi) is 54.4. The van der Waals surface area contributed by atoms with Crippen LogP contribution in [0.25, 0.3) is 0 Å². The van der Waals surface area contributed by atoms with Crippen LogP contribution in [0.5, 0.6) is 0 Å². The predicted octanol–water partition coefficient (Wildman–Crippen LogP) is 20.8. The van der Waals surface area contributed by atoms with Crippen LogP contribution in [-0.4, -0.2) is 37.2 Å². The molecule has 0 aromatic carbocycles. The second-order valence-corrected chi connectivity index (χ2v) is 22.4. The lowest BCUT2D eigenvalue weighted by Gasteiger charge is -2.18. The highest BCUT2D eigenvalue weighted by atomic mass is 16.6. The summed E-state index contributed by atoms with van der Waals surface area (Å²) in [5.74, 6) is 0.920. The molecule has 0 aliphatic rings. The van der Waals surface area contributed by atoms with Crippen molar-refractivity contribution >= 4 is 17.9 Å². The topological polar surface area (TPSA) is 78.9 Å². The van der Waals surface area contributed by atoms with Crippen LogP contribution in [0, 0.1) is 11.8 Å². The van der Waals surface area contributed by atoms with Gasteiger partial charge in [-0.15, -0.1) is 0 Å². The zero-order valence-electron chi connectivity index (χ0n) is 47.5. The summed E-state index contributed by atoms with van der Waals surface area (Å²) in [7, 11) is 0. The summed E-state index contributed by atoms with van der Waals surface area (Å²) in [6.45, 7) is 11.5. The monoisotopic (exact) mass is 975 g/mol. The maximum Gasteiger partial charge on any atom is 0.306 e. The van der Waals surface area contributed by atoms with Gasteiger partial charge in [0.25, 0.3) is 0 Å². The molecule has 6 nitrogen and oxygen atoms in total. The summed E-state index contributed by atoms with van der Waals surface area (Å²) in [6, 6.07) is 0. The lowest BCUT2D eigenvalue weighted by Crippen LogP contribution is -2.30. The number of carbonyl (C=O) groups is 3. The van der Waals surface area contributed by atoms with E-state index in [9.17, 15) is 14.4 Å². The largest absolute Gasteiger partial charge is 0.462 e. The molecule has 0 heterocycles. The first-order chi connectivity index (χ1) is 33.8. The van der Waals surface area contributed by atoms with Crippen LogP contribution in [0.3, 0.4) is 0 Å². The molecular weight excluding hydrogens is 853 g/mol. The predicted molar refractivity (Wildman–Crippen MR) is 298 cm³/mol. The van der Waals surface area contributed by atoms with Crippen LogP contribution in [0.15, 0.2) is 0 Å². The molecule has 0 radical (unpaired) electrons. The molecule has 0 amide bonds. The van der Waals surface area contributed by atoms with E-state index in [0.717, 1.165) is 69.6 Å². The Morgan fingerprint density at radius 3 is 0.826 bits per heavy atom. The molecule has 0 rings (SSSR count). The number of unbranched alkanes of at least 4 members (excludes halogenated alkanes) is 41. The van der Waals surface area contributed by atoms with Gasteiger partial charge in [-0.25, -0.2) is 0 Å². The van der Waals surface area contributed by atoms with Gasteiger partial charge in [-0.2, -0.15) is 0 Å². The van der Waals surface area contributed by atoms with E-state index < -0.39 is 6.10 Å². The van der Waals surface area contributed by atoms with E-state index in [-0.39, 0.29) is 31.1 Å². The van der Waals surface area contributed by atoms with E-state index in [1.165, 1.54) is 244 Å². The third-order valence-electron chi connectivity index (χ3n) is 14.8. The van der Waals surface area contributed by atoms with Crippen molar-refractivity contribution < 1.29 is 28.6 Å². The Balaban J connectivity index is 4.24. The van der Waals surface area contributed by atoms with Gasteiger partial charge in [0.05, 0.1) is 0 Å². The lowest BCUT2D eigenvalue weighted by molar-refractivity contribution is -0.167. The molecule has 0 aliphatic heterocycles. The van der Waals surface area contributed by atoms with Gasteiger partial charge in [0.1, 0.15) is 13.2 Å². The van der Waals surface area contributed by atoms with Crippen molar-refractivity contribution in [3.8, 4) is 0 Å². The SMILES string of the molecule is CCCCCCCCCCCCCCC(=O)OC[C@H](COC(=O)CCCCCCCCCCCCCCCCC(C)C)OC(=O)CCCCCCCCCCCCCCCCCCCCC(C)CC. The maximum atomic E-state index is 12.9. The smallest absolute Gasteiger partial charge is 0.306 e. The molecule has 6 heteroatoms. The Hall–Kier alpha value is -1.59. The fraction of sp³-hybridized carbons (Fsp3) is 0.952. The first-order valence-corrected chi connectivity index (χ1v) is 31.3. The highest BCUT2D eigenvalue weighted by Gasteiger charge is 2.19. The van der Waals surface area contributed by atoms with E-state index in [0.29, 0.717) is 19.3 Å². The van der Waals surface area contributed by atoms with E-state index >= 15 is 0 Å². The molecular formula is C63H122O6. The van der Waals surface area contributed by atoms with Gasteiger partial charge < -0.3 is 14.2 Å². The van der Waals surface area contributed by atoms with Crippen LogP contribution < -0.4 is 0 Å². The van der Waals surface area contributed by atoms with Gasteiger partial charge in [0, 0.05) is 19.3 Å².